The van der Waals surface area contributed by atoms with Gasteiger partial charge in [-0.15, -0.1) is 0 Å². The fourth-order valence-electron chi connectivity index (χ4n) is 4.60. The number of benzene rings is 3. The molecular weight excluding hydrogens is 560 g/mol. The van der Waals surface area contributed by atoms with Gasteiger partial charge in [-0.05, 0) is 50.4 Å². The van der Waals surface area contributed by atoms with Crippen molar-refractivity contribution in [3.05, 3.63) is 124 Å². The Bertz CT molecular complexity index is 1790. The van der Waals surface area contributed by atoms with Crippen LogP contribution in [-0.2, 0) is 9.53 Å². The summed E-state index contributed by atoms with van der Waals surface area (Å²) in [6, 6.07) is 30.4. The zero-order valence-corrected chi connectivity index (χ0v) is 24.6. The minimum Gasteiger partial charge on any atom is -0.462 e. The third-order valence-corrected chi connectivity index (χ3v) is 7.61. The first kappa shape index (κ1) is 29.1. The summed E-state index contributed by atoms with van der Waals surface area (Å²) in [5.74, 6) is -1.25. The van der Waals surface area contributed by atoms with Crippen molar-refractivity contribution in [2.45, 2.75) is 20.8 Å². The molecule has 0 fully saturated rings. The SMILES string of the molecule is CCOC(=O)c1c(/C(C)=N/NC(=O)/C(C#N)=C2/SC=C(C)N2c2ccccc2)nn(-c2ccccc2)c1-c1ccccc1. The van der Waals surface area contributed by atoms with E-state index < -0.39 is 11.9 Å². The summed E-state index contributed by atoms with van der Waals surface area (Å²) in [5, 5.41) is 21.4. The Morgan fingerprint density at radius 3 is 2.19 bits per heavy atom. The highest BCUT2D eigenvalue weighted by atomic mass is 32.2. The summed E-state index contributed by atoms with van der Waals surface area (Å²) in [6.07, 6.45) is 0. The summed E-state index contributed by atoms with van der Waals surface area (Å²) < 4.78 is 7.11. The number of carbonyl (C=O) groups is 2. The molecule has 5 rings (SSSR count). The van der Waals surface area contributed by atoms with E-state index in [-0.39, 0.29) is 29.1 Å². The quantitative estimate of drug-likeness (QED) is 0.0833. The third kappa shape index (κ3) is 5.98. The molecule has 1 amide bonds. The van der Waals surface area contributed by atoms with Crippen LogP contribution in [0.3, 0.4) is 0 Å². The number of nitrogens with one attached hydrogen (secondary N) is 1. The molecule has 214 valence electrons. The molecule has 43 heavy (non-hydrogen) atoms. The van der Waals surface area contributed by atoms with Crippen LogP contribution in [0, 0.1) is 11.3 Å². The first-order valence-electron chi connectivity index (χ1n) is 13.5. The minimum absolute atomic E-state index is 0.0936. The van der Waals surface area contributed by atoms with E-state index >= 15 is 0 Å². The maximum Gasteiger partial charge on any atom is 0.342 e. The molecule has 0 saturated heterocycles. The predicted molar refractivity (Wildman–Crippen MR) is 168 cm³/mol. The fraction of sp³-hybridized carbons (Fsp3) is 0.121. The molecule has 0 aliphatic carbocycles. The first-order chi connectivity index (χ1) is 20.9. The van der Waals surface area contributed by atoms with Crippen LogP contribution in [0.1, 0.15) is 36.8 Å². The van der Waals surface area contributed by atoms with E-state index in [1.807, 2.05) is 114 Å². The molecule has 1 aliphatic rings. The van der Waals surface area contributed by atoms with E-state index in [1.165, 1.54) is 11.8 Å². The molecule has 9 nitrogen and oxygen atoms in total. The highest BCUT2D eigenvalue weighted by molar-refractivity contribution is 8.06. The number of amides is 1. The number of carbonyl (C=O) groups excluding carboxylic acids is 2. The number of anilines is 1. The van der Waals surface area contributed by atoms with Gasteiger partial charge >= 0.3 is 5.97 Å². The van der Waals surface area contributed by atoms with Crippen LogP contribution < -0.4 is 10.3 Å². The molecule has 1 aromatic heterocycles. The zero-order chi connectivity index (χ0) is 30.3. The van der Waals surface area contributed by atoms with Crippen LogP contribution in [0.25, 0.3) is 16.9 Å². The second-order valence-corrected chi connectivity index (χ2v) is 10.2. The number of thioether (sulfide) groups is 1. The Balaban J connectivity index is 1.56. The van der Waals surface area contributed by atoms with Crippen LogP contribution in [0.2, 0.25) is 0 Å². The molecule has 1 N–H and O–H groups in total. The molecule has 0 unspecified atom stereocenters. The van der Waals surface area contributed by atoms with Gasteiger partial charge in [0.15, 0.2) is 0 Å². The number of hydrogen-bond acceptors (Lipinski definition) is 8. The lowest BCUT2D eigenvalue weighted by atomic mass is 10.0. The zero-order valence-electron chi connectivity index (χ0n) is 23.8. The lowest BCUT2D eigenvalue weighted by Gasteiger charge is -2.22. The third-order valence-electron chi connectivity index (χ3n) is 6.54. The van der Waals surface area contributed by atoms with Crippen molar-refractivity contribution in [1.29, 1.82) is 5.26 Å². The Hall–Kier alpha value is -5.40. The summed E-state index contributed by atoms with van der Waals surface area (Å²) in [6.45, 7) is 5.45. The average Bonchev–Trinajstić information content (AvgIpc) is 3.63. The van der Waals surface area contributed by atoms with Gasteiger partial charge in [-0.3, -0.25) is 4.79 Å². The number of nitrogens with zero attached hydrogens (tertiary/aromatic N) is 5. The molecule has 1 aliphatic heterocycles. The molecule has 0 bridgehead atoms. The number of nitriles is 1. The van der Waals surface area contributed by atoms with E-state index in [9.17, 15) is 14.9 Å². The van der Waals surface area contributed by atoms with Crippen LogP contribution in [0.15, 0.2) is 118 Å². The molecule has 3 aromatic carbocycles. The summed E-state index contributed by atoms with van der Waals surface area (Å²) in [4.78, 5) is 28.6. The second-order valence-electron chi connectivity index (χ2n) is 9.38. The van der Waals surface area contributed by atoms with Gasteiger partial charge < -0.3 is 9.64 Å². The monoisotopic (exact) mass is 588 g/mol. The van der Waals surface area contributed by atoms with Gasteiger partial charge in [0.1, 0.15) is 27.9 Å². The number of esters is 1. The maximum atomic E-state index is 13.4. The van der Waals surface area contributed by atoms with E-state index in [4.69, 9.17) is 9.84 Å². The van der Waals surface area contributed by atoms with Crippen molar-refractivity contribution in [3.8, 4) is 23.0 Å². The molecule has 0 spiro atoms. The van der Waals surface area contributed by atoms with Crippen LogP contribution in [0.4, 0.5) is 5.69 Å². The largest absolute Gasteiger partial charge is 0.462 e. The van der Waals surface area contributed by atoms with Crippen molar-refractivity contribution in [3.63, 3.8) is 0 Å². The fourth-order valence-corrected chi connectivity index (χ4v) is 5.60. The first-order valence-corrected chi connectivity index (χ1v) is 14.4. The van der Waals surface area contributed by atoms with Gasteiger partial charge in [0.25, 0.3) is 5.91 Å². The number of rotatable bonds is 8. The lowest BCUT2D eigenvalue weighted by molar-refractivity contribution is -0.117. The Morgan fingerprint density at radius 1 is 0.977 bits per heavy atom. The smallest absolute Gasteiger partial charge is 0.342 e. The summed E-state index contributed by atoms with van der Waals surface area (Å²) in [5.41, 5.74) is 6.86. The standard InChI is InChI=1S/C33H28N6O3S/c1-4-42-33(41)28-29(37-39(26-18-12-7-13-19-26)30(28)24-14-8-5-9-15-24)23(3)35-36-31(40)27(20-34)32-38(22(2)21-43-32)25-16-10-6-11-17-25/h5-19,21H,4H2,1-3H3,(H,36,40)/b32-27+,35-23+. The minimum atomic E-state index is -0.683. The van der Waals surface area contributed by atoms with Gasteiger partial charge in [0, 0.05) is 16.9 Å². The van der Waals surface area contributed by atoms with E-state index in [2.05, 4.69) is 10.5 Å². The number of allylic oxidation sites excluding steroid dienone is 1. The van der Waals surface area contributed by atoms with Crippen LogP contribution in [-0.4, -0.2) is 34.0 Å². The lowest BCUT2D eigenvalue weighted by Crippen LogP contribution is -2.25. The molecule has 0 saturated carbocycles. The number of para-hydroxylation sites is 2. The van der Waals surface area contributed by atoms with Crippen molar-refractivity contribution in [2.75, 3.05) is 11.5 Å². The van der Waals surface area contributed by atoms with Crippen LogP contribution >= 0.6 is 11.8 Å². The molecular formula is C33H28N6O3S. The van der Waals surface area contributed by atoms with E-state index in [0.29, 0.717) is 10.7 Å². The van der Waals surface area contributed by atoms with Crippen molar-refractivity contribution in [2.24, 2.45) is 5.10 Å². The highest BCUT2D eigenvalue weighted by Gasteiger charge is 2.30. The Morgan fingerprint density at radius 2 is 1.58 bits per heavy atom. The van der Waals surface area contributed by atoms with Crippen LogP contribution in [0.5, 0.6) is 0 Å². The van der Waals surface area contributed by atoms with Gasteiger partial charge in [-0.25, -0.2) is 14.9 Å². The topological polar surface area (TPSA) is 113 Å². The van der Waals surface area contributed by atoms with Gasteiger partial charge in [-0.1, -0.05) is 78.5 Å². The Kier molecular flexibility index (Phi) is 8.84. The molecule has 0 atom stereocenters. The number of hydrogen-bond donors (Lipinski definition) is 1. The summed E-state index contributed by atoms with van der Waals surface area (Å²) in [7, 11) is 0. The normalized spacial score (nSPS) is 14.1. The van der Waals surface area contributed by atoms with Gasteiger partial charge in [-0.2, -0.15) is 15.5 Å². The summed E-state index contributed by atoms with van der Waals surface area (Å²) >= 11 is 1.29. The molecule has 10 heteroatoms. The maximum absolute atomic E-state index is 13.4. The van der Waals surface area contributed by atoms with Crippen molar-refractivity contribution in [1.82, 2.24) is 15.2 Å². The van der Waals surface area contributed by atoms with Crippen molar-refractivity contribution < 1.29 is 14.3 Å². The molecule has 4 aromatic rings. The van der Waals surface area contributed by atoms with E-state index in [1.54, 1.807) is 18.5 Å². The average molecular weight is 589 g/mol. The number of aromatic nitrogens is 2. The highest BCUT2D eigenvalue weighted by Crippen LogP contribution is 2.40. The molecule has 2 heterocycles. The van der Waals surface area contributed by atoms with E-state index in [0.717, 1.165) is 22.6 Å². The van der Waals surface area contributed by atoms with Gasteiger partial charge in [0.2, 0.25) is 0 Å². The second kappa shape index (κ2) is 13.1. The number of hydrazone groups is 1. The predicted octanol–water partition coefficient (Wildman–Crippen LogP) is 6.41. The van der Waals surface area contributed by atoms with Crippen molar-refractivity contribution >= 4 is 35.0 Å². The Labute approximate surface area is 253 Å². The molecule has 0 radical (unpaired) electrons. The number of ether oxygens (including phenoxy) is 1. The van der Waals surface area contributed by atoms with Gasteiger partial charge in [0.05, 0.1) is 23.7 Å².